The SMILES string of the molecule is CC(C)c1ccc(S(=O)(=O)N2CCC(C(=O)N(C)CCC(F)(F)F)CC2)cc1. The molecule has 5 nitrogen and oxygen atoms in total. The molecule has 0 spiro atoms. The van der Waals surface area contributed by atoms with E-state index in [1.54, 1.807) is 24.3 Å². The minimum Gasteiger partial charge on any atom is -0.345 e. The van der Waals surface area contributed by atoms with Crippen molar-refractivity contribution in [1.29, 1.82) is 0 Å². The predicted octanol–water partition coefficient (Wildman–Crippen LogP) is 3.62. The number of carbonyl (C=O) groups excluding carboxylic acids is 1. The molecule has 1 amide bonds. The van der Waals surface area contributed by atoms with Gasteiger partial charge in [0.1, 0.15) is 0 Å². The molecule has 28 heavy (non-hydrogen) atoms. The summed E-state index contributed by atoms with van der Waals surface area (Å²) in [4.78, 5) is 13.6. The average Bonchev–Trinajstić information content (AvgIpc) is 2.65. The first kappa shape index (κ1) is 22.7. The van der Waals surface area contributed by atoms with Crippen molar-refractivity contribution in [3.8, 4) is 0 Å². The van der Waals surface area contributed by atoms with Crippen LogP contribution in [0.5, 0.6) is 0 Å². The fourth-order valence-electron chi connectivity index (χ4n) is 3.23. The highest BCUT2D eigenvalue weighted by Gasteiger charge is 2.34. The molecule has 1 aromatic carbocycles. The normalized spacial score (nSPS) is 17.1. The minimum atomic E-state index is -4.31. The van der Waals surface area contributed by atoms with E-state index < -0.39 is 28.5 Å². The Labute approximate surface area is 164 Å². The van der Waals surface area contributed by atoms with E-state index in [9.17, 15) is 26.4 Å². The molecule has 1 aliphatic heterocycles. The van der Waals surface area contributed by atoms with Gasteiger partial charge in [-0.1, -0.05) is 26.0 Å². The summed E-state index contributed by atoms with van der Waals surface area (Å²) in [6, 6.07) is 6.77. The number of alkyl halides is 3. The van der Waals surface area contributed by atoms with Crippen LogP contribution in [0.4, 0.5) is 13.2 Å². The summed E-state index contributed by atoms with van der Waals surface area (Å²) >= 11 is 0. The van der Waals surface area contributed by atoms with Crippen LogP contribution >= 0.6 is 0 Å². The fourth-order valence-corrected chi connectivity index (χ4v) is 4.70. The number of benzene rings is 1. The number of halogens is 3. The summed E-state index contributed by atoms with van der Waals surface area (Å²) in [5, 5.41) is 0. The van der Waals surface area contributed by atoms with Crippen LogP contribution in [-0.2, 0) is 14.8 Å². The molecule has 158 valence electrons. The second-order valence-electron chi connectivity index (χ2n) is 7.53. The van der Waals surface area contributed by atoms with Gasteiger partial charge in [-0.25, -0.2) is 8.42 Å². The maximum atomic E-state index is 12.8. The summed E-state index contributed by atoms with van der Waals surface area (Å²) in [6.45, 7) is 4.02. The van der Waals surface area contributed by atoms with Gasteiger partial charge >= 0.3 is 6.18 Å². The van der Waals surface area contributed by atoms with Crippen molar-refractivity contribution in [2.45, 2.75) is 50.1 Å². The van der Waals surface area contributed by atoms with Gasteiger partial charge in [0, 0.05) is 32.6 Å². The van der Waals surface area contributed by atoms with E-state index >= 15 is 0 Å². The third-order valence-electron chi connectivity index (χ3n) is 5.09. The Balaban J connectivity index is 1.96. The summed E-state index contributed by atoms with van der Waals surface area (Å²) in [5.41, 5.74) is 1.05. The number of nitrogens with zero attached hydrogens (tertiary/aromatic N) is 2. The molecule has 9 heteroatoms. The lowest BCUT2D eigenvalue weighted by Gasteiger charge is -2.32. The van der Waals surface area contributed by atoms with E-state index in [0.717, 1.165) is 10.5 Å². The summed E-state index contributed by atoms with van der Waals surface area (Å²) < 4.78 is 63.9. The lowest BCUT2D eigenvalue weighted by Crippen LogP contribution is -2.44. The molecular weight excluding hydrogens is 393 g/mol. The number of piperidine rings is 1. The van der Waals surface area contributed by atoms with Gasteiger partial charge in [-0.15, -0.1) is 0 Å². The van der Waals surface area contributed by atoms with Crippen molar-refractivity contribution in [3.05, 3.63) is 29.8 Å². The standard InChI is InChI=1S/C19H27F3N2O3S/c1-14(2)15-4-6-17(7-5-15)28(26,27)24-11-8-16(9-12-24)18(25)23(3)13-10-19(20,21)22/h4-7,14,16H,8-13H2,1-3H3. The summed E-state index contributed by atoms with van der Waals surface area (Å²) in [6.07, 6.45) is -4.75. The van der Waals surface area contributed by atoms with Crippen molar-refractivity contribution >= 4 is 15.9 Å². The maximum Gasteiger partial charge on any atom is 0.390 e. The van der Waals surface area contributed by atoms with Gasteiger partial charge in [0.2, 0.25) is 15.9 Å². The molecule has 0 aromatic heterocycles. The Kier molecular flexibility index (Phi) is 7.14. The minimum absolute atomic E-state index is 0.178. The van der Waals surface area contributed by atoms with Crippen LogP contribution in [0.3, 0.4) is 0 Å². The molecule has 1 aromatic rings. The quantitative estimate of drug-likeness (QED) is 0.706. The van der Waals surface area contributed by atoms with Crippen LogP contribution in [0.15, 0.2) is 29.2 Å². The van der Waals surface area contributed by atoms with E-state index in [0.29, 0.717) is 18.8 Å². The monoisotopic (exact) mass is 420 g/mol. The van der Waals surface area contributed by atoms with Gasteiger partial charge in [-0.05, 0) is 36.5 Å². The lowest BCUT2D eigenvalue weighted by atomic mass is 9.96. The number of amides is 1. The third-order valence-corrected chi connectivity index (χ3v) is 7.01. The third kappa shape index (κ3) is 5.70. The van der Waals surface area contributed by atoms with Gasteiger partial charge in [-0.2, -0.15) is 17.5 Å². The Hall–Kier alpha value is -1.61. The highest BCUT2D eigenvalue weighted by atomic mass is 32.2. The van der Waals surface area contributed by atoms with Crippen molar-refractivity contribution in [2.75, 3.05) is 26.7 Å². The zero-order valence-electron chi connectivity index (χ0n) is 16.4. The highest BCUT2D eigenvalue weighted by Crippen LogP contribution is 2.27. The number of hydrogen-bond acceptors (Lipinski definition) is 3. The smallest absolute Gasteiger partial charge is 0.345 e. The van der Waals surface area contributed by atoms with Gasteiger partial charge < -0.3 is 4.90 Å². The second-order valence-corrected chi connectivity index (χ2v) is 9.47. The maximum absolute atomic E-state index is 12.8. The molecular formula is C19H27F3N2O3S. The first-order valence-corrected chi connectivity index (χ1v) is 10.8. The van der Waals surface area contributed by atoms with E-state index in [-0.39, 0.29) is 30.4 Å². The molecule has 0 saturated carbocycles. The zero-order chi connectivity index (χ0) is 21.1. The van der Waals surface area contributed by atoms with E-state index in [1.165, 1.54) is 11.4 Å². The Morgan fingerprint density at radius 3 is 2.18 bits per heavy atom. The van der Waals surface area contributed by atoms with Crippen LogP contribution in [-0.4, -0.2) is 56.4 Å². The van der Waals surface area contributed by atoms with Crippen molar-refractivity contribution < 1.29 is 26.4 Å². The predicted molar refractivity (Wildman–Crippen MR) is 100 cm³/mol. The van der Waals surface area contributed by atoms with Gasteiger partial charge in [0.15, 0.2) is 0 Å². The van der Waals surface area contributed by atoms with Crippen molar-refractivity contribution in [1.82, 2.24) is 9.21 Å². The first-order chi connectivity index (χ1) is 12.9. The van der Waals surface area contributed by atoms with E-state index in [4.69, 9.17) is 0 Å². The Bertz CT molecular complexity index is 769. The van der Waals surface area contributed by atoms with Crippen LogP contribution in [0.25, 0.3) is 0 Å². The van der Waals surface area contributed by atoms with E-state index in [2.05, 4.69) is 0 Å². The van der Waals surface area contributed by atoms with E-state index in [1.807, 2.05) is 13.8 Å². The largest absolute Gasteiger partial charge is 0.390 e. The molecule has 1 heterocycles. The zero-order valence-corrected chi connectivity index (χ0v) is 17.2. The van der Waals surface area contributed by atoms with Crippen LogP contribution < -0.4 is 0 Å². The Morgan fingerprint density at radius 1 is 1.18 bits per heavy atom. The van der Waals surface area contributed by atoms with Gasteiger partial charge in [-0.3, -0.25) is 4.79 Å². The topological polar surface area (TPSA) is 57.7 Å². The highest BCUT2D eigenvalue weighted by molar-refractivity contribution is 7.89. The summed E-state index contributed by atoms with van der Waals surface area (Å²) in [7, 11) is -2.29. The number of carbonyl (C=O) groups is 1. The molecule has 0 unspecified atom stereocenters. The molecule has 0 aliphatic carbocycles. The number of hydrogen-bond donors (Lipinski definition) is 0. The van der Waals surface area contributed by atoms with Gasteiger partial charge in [0.05, 0.1) is 11.3 Å². The average molecular weight is 420 g/mol. The Morgan fingerprint density at radius 2 is 1.71 bits per heavy atom. The molecule has 1 aliphatic rings. The van der Waals surface area contributed by atoms with Gasteiger partial charge in [0.25, 0.3) is 0 Å². The molecule has 1 fully saturated rings. The van der Waals surface area contributed by atoms with Crippen molar-refractivity contribution in [2.24, 2.45) is 5.92 Å². The van der Waals surface area contributed by atoms with Crippen LogP contribution in [0.1, 0.15) is 44.6 Å². The van der Waals surface area contributed by atoms with Crippen molar-refractivity contribution in [3.63, 3.8) is 0 Å². The van der Waals surface area contributed by atoms with Crippen LogP contribution in [0.2, 0.25) is 0 Å². The molecule has 0 radical (unpaired) electrons. The second kappa shape index (κ2) is 8.82. The molecule has 2 rings (SSSR count). The fraction of sp³-hybridized carbons (Fsp3) is 0.632. The molecule has 0 bridgehead atoms. The molecule has 1 saturated heterocycles. The number of rotatable bonds is 6. The molecule has 0 N–H and O–H groups in total. The first-order valence-electron chi connectivity index (χ1n) is 9.33. The van der Waals surface area contributed by atoms with Crippen LogP contribution in [0, 0.1) is 5.92 Å². The summed E-state index contributed by atoms with van der Waals surface area (Å²) in [5.74, 6) is -0.511. The number of sulfonamides is 1. The lowest BCUT2D eigenvalue weighted by molar-refractivity contribution is -0.146. The molecule has 0 atom stereocenters.